The molecule has 0 saturated carbocycles. The molecule has 0 aromatic heterocycles. The van der Waals surface area contributed by atoms with Crippen molar-refractivity contribution in [3.8, 4) is 0 Å². The summed E-state index contributed by atoms with van der Waals surface area (Å²) in [4.78, 5) is 12.2. The number of benzene rings is 2. The molecule has 1 atom stereocenters. The number of hydrogen-bond donors (Lipinski definition) is 1. The minimum absolute atomic E-state index is 0.229. The highest BCUT2D eigenvalue weighted by atomic mass is 79.9. The van der Waals surface area contributed by atoms with Crippen LogP contribution in [0.4, 0.5) is 10.1 Å². The van der Waals surface area contributed by atoms with E-state index >= 15 is 0 Å². The molecule has 0 bridgehead atoms. The van der Waals surface area contributed by atoms with Crippen LogP contribution in [-0.2, 0) is 15.1 Å². The lowest BCUT2D eigenvalue weighted by atomic mass is 9.91. The van der Waals surface area contributed by atoms with E-state index in [0.29, 0.717) is 5.69 Å². The van der Waals surface area contributed by atoms with E-state index in [4.69, 9.17) is 4.74 Å². The lowest BCUT2D eigenvalue weighted by Crippen LogP contribution is -2.42. The Morgan fingerprint density at radius 3 is 2.43 bits per heavy atom. The summed E-state index contributed by atoms with van der Waals surface area (Å²) in [6, 6.07) is 13.5. The molecular weight excluding hydrogens is 337 g/mol. The molecule has 3 nitrogen and oxygen atoms in total. The number of carbonyl (C=O) groups excluding carboxylic acids is 1. The van der Waals surface area contributed by atoms with Crippen molar-refractivity contribution in [3.05, 3.63) is 64.4 Å². The summed E-state index contributed by atoms with van der Waals surface area (Å²) >= 11 is 3.40. The van der Waals surface area contributed by atoms with Crippen LogP contribution in [0, 0.1) is 5.82 Å². The van der Waals surface area contributed by atoms with Crippen molar-refractivity contribution in [2.45, 2.75) is 12.5 Å². The minimum atomic E-state index is -1.33. The quantitative estimate of drug-likeness (QED) is 0.843. The SMILES string of the molecule is COC(=O)C(C)(Nc1ccccc1Br)c1ccccc1F. The highest BCUT2D eigenvalue weighted by molar-refractivity contribution is 9.10. The van der Waals surface area contributed by atoms with Crippen LogP contribution in [0.5, 0.6) is 0 Å². The molecule has 0 fully saturated rings. The summed E-state index contributed by atoms with van der Waals surface area (Å²) in [7, 11) is 1.28. The van der Waals surface area contributed by atoms with Crippen LogP contribution < -0.4 is 5.32 Å². The third kappa shape index (κ3) is 3.08. The van der Waals surface area contributed by atoms with E-state index in [2.05, 4.69) is 21.2 Å². The third-order valence-electron chi connectivity index (χ3n) is 3.26. The molecule has 110 valence electrons. The molecule has 0 saturated heterocycles. The van der Waals surface area contributed by atoms with E-state index in [0.717, 1.165) is 4.47 Å². The van der Waals surface area contributed by atoms with E-state index < -0.39 is 17.3 Å². The maximum Gasteiger partial charge on any atom is 0.336 e. The van der Waals surface area contributed by atoms with Gasteiger partial charge in [-0.15, -0.1) is 0 Å². The first-order chi connectivity index (χ1) is 9.99. The number of anilines is 1. The molecule has 0 heterocycles. The van der Waals surface area contributed by atoms with Gasteiger partial charge in [0.15, 0.2) is 5.54 Å². The smallest absolute Gasteiger partial charge is 0.336 e. The number of methoxy groups -OCH3 is 1. The molecule has 2 aromatic carbocycles. The van der Waals surface area contributed by atoms with Crippen LogP contribution in [0.2, 0.25) is 0 Å². The summed E-state index contributed by atoms with van der Waals surface area (Å²) in [6.07, 6.45) is 0. The summed E-state index contributed by atoms with van der Waals surface area (Å²) < 4.78 is 19.8. The van der Waals surface area contributed by atoms with Gasteiger partial charge in [-0.1, -0.05) is 30.3 Å². The molecule has 0 aliphatic rings. The van der Waals surface area contributed by atoms with Crippen LogP contribution >= 0.6 is 15.9 Å². The predicted octanol–water partition coefficient (Wildman–Crippen LogP) is 4.09. The normalized spacial score (nSPS) is 13.3. The first kappa shape index (κ1) is 15.5. The van der Waals surface area contributed by atoms with Crippen molar-refractivity contribution in [3.63, 3.8) is 0 Å². The molecule has 2 aromatic rings. The van der Waals surface area contributed by atoms with E-state index in [1.165, 1.54) is 13.2 Å². The van der Waals surface area contributed by atoms with E-state index in [1.807, 2.05) is 18.2 Å². The van der Waals surface area contributed by atoms with Gasteiger partial charge >= 0.3 is 5.97 Å². The monoisotopic (exact) mass is 351 g/mol. The predicted molar refractivity (Wildman–Crippen MR) is 83.5 cm³/mol. The average molecular weight is 352 g/mol. The zero-order chi connectivity index (χ0) is 15.5. The highest BCUT2D eigenvalue weighted by Crippen LogP contribution is 2.32. The molecule has 5 heteroatoms. The Kier molecular flexibility index (Phi) is 4.63. The van der Waals surface area contributed by atoms with Crippen molar-refractivity contribution in [2.24, 2.45) is 0 Å². The average Bonchev–Trinajstić information content (AvgIpc) is 2.49. The third-order valence-corrected chi connectivity index (χ3v) is 3.96. The standard InChI is InChI=1S/C16H15BrFNO2/c1-16(15(20)21-2,11-7-3-5-9-13(11)18)19-14-10-6-4-8-12(14)17/h3-10,19H,1-2H3. The van der Waals surface area contributed by atoms with Crippen molar-refractivity contribution in [2.75, 3.05) is 12.4 Å². The maximum atomic E-state index is 14.1. The molecule has 0 amide bonds. The highest BCUT2D eigenvalue weighted by Gasteiger charge is 2.39. The van der Waals surface area contributed by atoms with Crippen LogP contribution in [0.25, 0.3) is 0 Å². The number of rotatable bonds is 4. The molecule has 2 rings (SSSR count). The fourth-order valence-electron chi connectivity index (χ4n) is 2.13. The van der Waals surface area contributed by atoms with Crippen LogP contribution in [0.3, 0.4) is 0 Å². The first-order valence-corrected chi connectivity index (χ1v) is 7.14. The Morgan fingerprint density at radius 2 is 1.81 bits per heavy atom. The lowest BCUT2D eigenvalue weighted by Gasteiger charge is -2.30. The molecular formula is C16H15BrFNO2. The number of esters is 1. The lowest BCUT2D eigenvalue weighted by molar-refractivity contribution is -0.145. The second kappa shape index (κ2) is 6.26. The Morgan fingerprint density at radius 1 is 1.19 bits per heavy atom. The molecule has 1 N–H and O–H groups in total. The number of hydrogen-bond acceptors (Lipinski definition) is 3. The zero-order valence-electron chi connectivity index (χ0n) is 11.7. The van der Waals surface area contributed by atoms with Crippen LogP contribution in [-0.4, -0.2) is 13.1 Å². The number of halogens is 2. The Balaban J connectivity index is 2.51. The van der Waals surface area contributed by atoms with Gasteiger partial charge in [-0.3, -0.25) is 0 Å². The van der Waals surface area contributed by atoms with Gasteiger partial charge in [0.1, 0.15) is 5.82 Å². The minimum Gasteiger partial charge on any atom is -0.467 e. The summed E-state index contributed by atoms with van der Waals surface area (Å²) in [6.45, 7) is 1.59. The Bertz CT molecular complexity index is 662. The van der Waals surface area contributed by atoms with Crippen molar-refractivity contribution < 1.29 is 13.9 Å². The van der Waals surface area contributed by atoms with Crippen molar-refractivity contribution in [1.29, 1.82) is 0 Å². The van der Waals surface area contributed by atoms with Gasteiger partial charge in [0.25, 0.3) is 0 Å². The van der Waals surface area contributed by atoms with Gasteiger partial charge in [0, 0.05) is 15.7 Å². The van der Waals surface area contributed by atoms with Gasteiger partial charge in [-0.05, 0) is 41.1 Å². The summed E-state index contributed by atoms with van der Waals surface area (Å²) in [5.41, 5.74) is -0.425. The van der Waals surface area contributed by atoms with Crippen molar-refractivity contribution >= 4 is 27.6 Å². The van der Waals surface area contributed by atoms with Crippen LogP contribution in [0.1, 0.15) is 12.5 Å². The van der Waals surface area contributed by atoms with Gasteiger partial charge in [0.05, 0.1) is 7.11 Å². The second-order valence-corrected chi connectivity index (χ2v) is 5.56. The molecule has 21 heavy (non-hydrogen) atoms. The van der Waals surface area contributed by atoms with Crippen molar-refractivity contribution in [1.82, 2.24) is 0 Å². The maximum absolute atomic E-state index is 14.1. The topological polar surface area (TPSA) is 38.3 Å². The summed E-state index contributed by atoms with van der Waals surface area (Å²) in [5, 5.41) is 3.07. The molecule has 0 aliphatic carbocycles. The number of carbonyl (C=O) groups is 1. The van der Waals surface area contributed by atoms with E-state index in [1.54, 1.807) is 31.2 Å². The van der Waals surface area contributed by atoms with Gasteiger partial charge < -0.3 is 10.1 Å². The molecule has 0 aliphatic heterocycles. The van der Waals surface area contributed by atoms with E-state index in [9.17, 15) is 9.18 Å². The number of ether oxygens (including phenoxy) is 1. The molecule has 0 radical (unpaired) electrons. The second-order valence-electron chi connectivity index (χ2n) is 4.70. The fourth-order valence-corrected chi connectivity index (χ4v) is 2.51. The van der Waals surface area contributed by atoms with E-state index in [-0.39, 0.29) is 5.56 Å². The van der Waals surface area contributed by atoms with Crippen LogP contribution in [0.15, 0.2) is 53.0 Å². The molecule has 1 unspecified atom stereocenters. The van der Waals surface area contributed by atoms with Gasteiger partial charge in [0.2, 0.25) is 0 Å². The first-order valence-electron chi connectivity index (χ1n) is 6.35. The Labute approximate surface area is 131 Å². The Hall–Kier alpha value is -1.88. The van der Waals surface area contributed by atoms with Gasteiger partial charge in [-0.25, -0.2) is 9.18 Å². The number of para-hydroxylation sites is 1. The largest absolute Gasteiger partial charge is 0.467 e. The fraction of sp³-hybridized carbons (Fsp3) is 0.188. The number of nitrogens with one attached hydrogen (secondary N) is 1. The zero-order valence-corrected chi connectivity index (χ0v) is 13.3. The summed E-state index contributed by atoms with van der Waals surface area (Å²) in [5.74, 6) is -1.03. The van der Waals surface area contributed by atoms with Gasteiger partial charge in [-0.2, -0.15) is 0 Å². The molecule has 0 spiro atoms.